The Labute approximate surface area is 88.3 Å². The van der Waals surface area contributed by atoms with Gasteiger partial charge in [0.15, 0.2) is 0 Å². The summed E-state index contributed by atoms with van der Waals surface area (Å²) in [6, 6.07) is 0. The van der Waals surface area contributed by atoms with Crippen molar-refractivity contribution < 1.29 is 0 Å². The van der Waals surface area contributed by atoms with Gasteiger partial charge in [0.1, 0.15) is 0 Å². The molecule has 1 fully saturated rings. The average Bonchev–Trinajstić information content (AvgIpc) is 2.70. The van der Waals surface area contributed by atoms with E-state index in [1.165, 1.54) is 24.0 Å². The molecule has 3 rings (SSSR count). The molecular formula is C12H11Li. The van der Waals surface area contributed by atoms with Crippen LogP contribution in [0, 0.1) is 5.92 Å². The van der Waals surface area contributed by atoms with Crippen LogP contribution in [0.15, 0.2) is 47.1 Å². The molecule has 60 valence electrons. The van der Waals surface area contributed by atoms with Crippen molar-refractivity contribution in [1.82, 2.24) is 0 Å². The fourth-order valence-electron chi connectivity index (χ4n) is 2.68. The molecule has 0 aromatic rings. The van der Waals surface area contributed by atoms with E-state index < -0.39 is 0 Å². The molecule has 0 heterocycles. The van der Waals surface area contributed by atoms with Gasteiger partial charge in [-0.3, -0.25) is 0 Å². The van der Waals surface area contributed by atoms with E-state index in [2.05, 4.69) is 48.1 Å². The van der Waals surface area contributed by atoms with E-state index in [9.17, 15) is 0 Å². The Morgan fingerprint density at radius 3 is 3.08 bits per heavy atom. The maximum absolute atomic E-state index is 2.45. The molecule has 3 aliphatic carbocycles. The predicted molar refractivity (Wildman–Crippen MR) is 55.6 cm³/mol. The van der Waals surface area contributed by atoms with E-state index in [1.807, 2.05) is 0 Å². The van der Waals surface area contributed by atoms with Crippen molar-refractivity contribution >= 4 is 17.7 Å². The molecule has 0 bridgehead atoms. The molecule has 0 aliphatic heterocycles. The number of hydrogen-bond acceptors (Lipinski definition) is 0. The van der Waals surface area contributed by atoms with Crippen LogP contribution in [0.5, 0.6) is 0 Å². The van der Waals surface area contributed by atoms with Crippen LogP contribution in [0.4, 0.5) is 0 Å². The summed E-state index contributed by atoms with van der Waals surface area (Å²) in [6.45, 7) is 0. The second kappa shape index (κ2) is 2.77. The van der Waals surface area contributed by atoms with Gasteiger partial charge in [0.25, 0.3) is 0 Å². The number of hydrogen-bond donors (Lipinski definition) is 0. The Morgan fingerprint density at radius 2 is 2.15 bits per heavy atom. The van der Waals surface area contributed by atoms with Crippen LogP contribution in [-0.4, -0.2) is 17.7 Å². The molecule has 2 unspecified atom stereocenters. The summed E-state index contributed by atoms with van der Waals surface area (Å²) in [6.07, 6.45) is 14.2. The summed E-state index contributed by atoms with van der Waals surface area (Å²) >= 11 is 2.35. The SMILES string of the molecule is [Li][CH]1CCC2C=C3C=CC=C3C=C12. The van der Waals surface area contributed by atoms with Gasteiger partial charge in [0, 0.05) is 0 Å². The molecule has 1 saturated carbocycles. The van der Waals surface area contributed by atoms with Gasteiger partial charge in [-0.05, 0) is 0 Å². The molecule has 2 atom stereocenters. The van der Waals surface area contributed by atoms with Crippen LogP contribution in [0.2, 0.25) is 4.59 Å². The summed E-state index contributed by atoms with van der Waals surface area (Å²) in [4.78, 5) is 0. The first-order valence-electron chi connectivity index (χ1n) is 5.16. The molecule has 3 aliphatic rings. The van der Waals surface area contributed by atoms with E-state index in [4.69, 9.17) is 0 Å². The third kappa shape index (κ3) is 1.13. The van der Waals surface area contributed by atoms with Crippen LogP contribution in [-0.2, 0) is 0 Å². The normalized spacial score (nSPS) is 35.1. The van der Waals surface area contributed by atoms with Gasteiger partial charge >= 0.3 is 88.2 Å². The zero-order valence-electron chi connectivity index (χ0n) is 7.96. The Morgan fingerprint density at radius 1 is 1.23 bits per heavy atom. The van der Waals surface area contributed by atoms with Gasteiger partial charge in [0.2, 0.25) is 0 Å². The van der Waals surface area contributed by atoms with Gasteiger partial charge < -0.3 is 0 Å². The molecule has 0 aromatic carbocycles. The van der Waals surface area contributed by atoms with Gasteiger partial charge in [-0.1, -0.05) is 0 Å². The van der Waals surface area contributed by atoms with E-state index in [-0.39, 0.29) is 0 Å². The Kier molecular flexibility index (Phi) is 1.69. The fraction of sp³-hybridized carbons (Fsp3) is 0.333. The maximum atomic E-state index is 2.45. The van der Waals surface area contributed by atoms with Crippen molar-refractivity contribution in [1.29, 1.82) is 0 Å². The van der Waals surface area contributed by atoms with Crippen molar-refractivity contribution in [2.24, 2.45) is 5.92 Å². The third-order valence-electron chi connectivity index (χ3n) is 3.50. The Balaban J connectivity index is 2.06. The van der Waals surface area contributed by atoms with E-state index in [0.717, 1.165) is 10.5 Å². The topological polar surface area (TPSA) is 0 Å². The summed E-state index contributed by atoms with van der Waals surface area (Å²) in [5, 5.41) is 0. The quantitative estimate of drug-likeness (QED) is 0.480. The Bertz CT molecular complexity index is 369. The Hall–Kier alpha value is -0.443. The molecule has 0 N–H and O–H groups in total. The van der Waals surface area contributed by atoms with E-state index in [1.54, 1.807) is 5.57 Å². The zero-order chi connectivity index (χ0) is 8.84. The summed E-state index contributed by atoms with van der Waals surface area (Å²) in [5.74, 6) is 0.755. The molecule has 1 heteroatoms. The number of fused-ring (bicyclic) bond motifs is 2. The van der Waals surface area contributed by atoms with Gasteiger partial charge in [-0.15, -0.1) is 0 Å². The van der Waals surface area contributed by atoms with Crippen molar-refractivity contribution in [3.8, 4) is 0 Å². The van der Waals surface area contributed by atoms with Gasteiger partial charge in [0.05, 0.1) is 0 Å². The van der Waals surface area contributed by atoms with E-state index in [0.29, 0.717) is 0 Å². The van der Waals surface area contributed by atoms with Crippen LogP contribution in [0.1, 0.15) is 12.8 Å². The van der Waals surface area contributed by atoms with Crippen LogP contribution in [0.25, 0.3) is 0 Å². The monoisotopic (exact) mass is 162 g/mol. The summed E-state index contributed by atoms with van der Waals surface area (Å²) in [5.41, 5.74) is 4.54. The zero-order valence-corrected chi connectivity index (χ0v) is 7.96. The molecule has 0 aromatic heterocycles. The average molecular weight is 162 g/mol. The molecule has 0 amide bonds. The fourth-order valence-corrected chi connectivity index (χ4v) is 2.68. The molecule has 0 spiro atoms. The van der Waals surface area contributed by atoms with Crippen molar-refractivity contribution in [2.75, 3.05) is 0 Å². The first-order valence-corrected chi connectivity index (χ1v) is 5.16. The molecular weight excluding hydrogens is 151 g/mol. The van der Waals surface area contributed by atoms with Crippen molar-refractivity contribution in [2.45, 2.75) is 17.4 Å². The molecule has 13 heavy (non-hydrogen) atoms. The first-order chi connectivity index (χ1) is 6.34. The standard InChI is InChI=1S/C12H11.Li/c1-3-9-7-11-5-2-6-12(11)8-10(9)4-1;/h1,3-5,7-8,12H,2,6H2;. The molecule has 0 nitrogen and oxygen atoms in total. The van der Waals surface area contributed by atoms with Crippen molar-refractivity contribution in [3.63, 3.8) is 0 Å². The summed E-state index contributed by atoms with van der Waals surface area (Å²) < 4.78 is 0.810. The van der Waals surface area contributed by atoms with Crippen LogP contribution < -0.4 is 0 Å². The van der Waals surface area contributed by atoms with Gasteiger partial charge in [-0.25, -0.2) is 0 Å². The minimum atomic E-state index is 0.755. The first kappa shape index (κ1) is 7.92. The van der Waals surface area contributed by atoms with Crippen molar-refractivity contribution in [3.05, 3.63) is 47.1 Å². The predicted octanol–water partition coefficient (Wildman–Crippen LogP) is 2.72. The summed E-state index contributed by atoms with van der Waals surface area (Å²) in [7, 11) is 0. The van der Waals surface area contributed by atoms with Gasteiger partial charge in [-0.2, -0.15) is 0 Å². The molecule has 0 radical (unpaired) electrons. The molecule has 0 saturated heterocycles. The second-order valence-corrected chi connectivity index (χ2v) is 4.33. The van der Waals surface area contributed by atoms with Crippen LogP contribution in [0.3, 0.4) is 0 Å². The number of rotatable bonds is 0. The van der Waals surface area contributed by atoms with E-state index >= 15 is 0 Å². The third-order valence-corrected chi connectivity index (χ3v) is 3.50. The number of allylic oxidation sites excluding steroid dienone is 8. The second-order valence-electron chi connectivity index (χ2n) is 4.33. The van der Waals surface area contributed by atoms with Crippen LogP contribution >= 0.6 is 0 Å². The minimum absolute atomic E-state index is 0.755.